The van der Waals surface area contributed by atoms with E-state index in [0.717, 1.165) is 0 Å². The number of aliphatic hydroxyl groups is 1. The Labute approximate surface area is 79.9 Å². The summed E-state index contributed by atoms with van der Waals surface area (Å²) < 4.78 is 11.7. The largest absolute Gasteiger partial charge is 0.388 e. The van der Waals surface area contributed by atoms with Crippen LogP contribution >= 0.6 is 0 Å². The highest BCUT2D eigenvalue weighted by Gasteiger charge is 2.20. The standard InChI is InChI=1S/C9H21FN2O/c1-9(13,8-12(2)3)7-11-6-4-5-10/h11,13H,4-8H2,1-3H3. The lowest BCUT2D eigenvalue weighted by Crippen LogP contribution is -2.45. The Hall–Kier alpha value is -0.190. The van der Waals surface area contributed by atoms with Crippen molar-refractivity contribution in [1.29, 1.82) is 0 Å². The number of nitrogens with zero attached hydrogens (tertiary/aromatic N) is 1. The molecule has 0 heterocycles. The molecule has 0 aliphatic heterocycles. The van der Waals surface area contributed by atoms with Gasteiger partial charge in [0.05, 0.1) is 12.3 Å². The van der Waals surface area contributed by atoms with E-state index >= 15 is 0 Å². The molecule has 13 heavy (non-hydrogen) atoms. The summed E-state index contributed by atoms with van der Waals surface area (Å²) in [5, 5.41) is 12.8. The van der Waals surface area contributed by atoms with E-state index in [1.807, 2.05) is 19.0 Å². The van der Waals surface area contributed by atoms with E-state index in [1.54, 1.807) is 6.92 Å². The number of likely N-dealkylation sites (N-methyl/N-ethyl adjacent to an activating group) is 1. The minimum Gasteiger partial charge on any atom is -0.388 e. The fraction of sp³-hybridized carbons (Fsp3) is 1.00. The molecule has 2 N–H and O–H groups in total. The average Bonchev–Trinajstić information content (AvgIpc) is 1.95. The summed E-state index contributed by atoms with van der Waals surface area (Å²) in [4.78, 5) is 1.93. The van der Waals surface area contributed by atoms with E-state index < -0.39 is 5.60 Å². The van der Waals surface area contributed by atoms with Gasteiger partial charge >= 0.3 is 0 Å². The molecule has 0 spiro atoms. The molecule has 0 aliphatic rings. The molecule has 0 aromatic heterocycles. The maximum absolute atomic E-state index is 11.7. The number of rotatable bonds is 7. The Morgan fingerprint density at radius 1 is 1.46 bits per heavy atom. The first-order valence-corrected chi connectivity index (χ1v) is 4.62. The second-order valence-corrected chi connectivity index (χ2v) is 3.95. The van der Waals surface area contributed by atoms with Gasteiger partial charge in [0, 0.05) is 13.1 Å². The first kappa shape index (κ1) is 12.8. The van der Waals surface area contributed by atoms with Crippen LogP contribution in [0, 0.1) is 0 Å². The lowest BCUT2D eigenvalue weighted by molar-refractivity contribution is 0.0339. The fourth-order valence-corrected chi connectivity index (χ4v) is 1.29. The first-order valence-electron chi connectivity index (χ1n) is 4.62. The van der Waals surface area contributed by atoms with Gasteiger partial charge in [0.2, 0.25) is 0 Å². The molecule has 0 saturated carbocycles. The normalized spacial score (nSPS) is 16.2. The van der Waals surface area contributed by atoms with Crippen molar-refractivity contribution in [2.75, 3.05) is 40.4 Å². The van der Waals surface area contributed by atoms with Crippen molar-refractivity contribution in [1.82, 2.24) is 10.2 Å². The van der Waals surface area contributed by atoms with E-state index in [0.29, 0.717) is 26.1 Å². The second kappa shape index (κ2) is 6.29. The molecule has 0 rings (SSSR count). The molecule has 0 bridgehead atoms. The summed E-state index contributed by atoms with van der Waals surface area (Å²) in [5.74, 6) is 0. The number of nitrogens with one attached hydrogen (secondary N) is 1. The third-order valence-electron chi connectivity index (χ3n) is 1.65. The van der Waals surface area contributed by atoms with Gasteiger partial charge in [-0.2, -0.15) is 0 Å². The maximum atomic E-state index is 11.7. The molecule has 0 fully saturated rings. The van der Waals surface area contributed by atoms with Crippen molar-refractivity contribution in [3.05, 3.63) is 0 Å². The first-order chi connectivity index (χ1) is 5.98. The molecular weight excluding hydrogens is 171 g/mol. The Bertz CT molecular complexity index is 129. The molecule has 0 amide bonds. The fourth-order valence-electron chi connectivity index (χ4n) is 1.29. The van der Waals surface area contributed by atoms with Gasteiger partial charge in [-0.1, -0.05) is 0 Å². The van der Waals surface area contributed by atoms with Crippen LogP contribution in [-0.4, -0.2) is 56.0 Å². The molecule has 0 aliphatic carbocycles. The Morgan fingerprint density at radius 3 is 2.54 bits per heavy atom. The van der Waals surface area contributed by atoms with Crippen LogP contribution < -0.4 is 5.32 Å². The van der Waals surface area contributed by atoms with Crippen LogP contribution in [0.4, 0.5) is 4.39 Å². The Kier molecular flexibility index (Phi) is 6.20. The van der Waals surface area contributed by atoms with Crippen LogP contribution in [0.25, 0.3) is 0 Å². The minimum atomic E-state index is -0.736. The SMILES string of the molecule is CN(C)CC(C)(O)CNCCCF. The van der Waals surface area contributed by atoms with Gasteiger partial charge in [0.1, 0.15) is 0 Å². The topological polar surface area (TPSA) is 35.5 Å². The van der Waals surface area contributed by atoms with Crippen LogP contribution in [0.5, 0.6) is 0 Å². The van der Waals surface area contributed by atoms with Crippen LogP contribution in [0.2, 0.25) is 0 Å². The van der Waals surface area contributed by atoms with Gasteiger partial charge in [-0.15, -0.1) is 0 Å². The van der Waals surface area contributed by atoms with Gasteiger partial charge in [-0.3, -0.25) is 4.39 Å². The van der Waals surface area contributed by atoms with E-state index in [1.165, 1.54) is 0 Å². The highest BCUT2D eigenvalue weighted by molar-refractivity contribution is 4.77. The lowest BCUT2D eigenvalue weighted by Gasteiger charge is -2.27. The van der Waals surface area contributed by atoms with Crippen molar-refractivity contribution in [3.63, 3.8) is 0 Å². The van der Waals surface area contributed by atoms with Crippen LogP contribution in [0.3, 0.4) is 0 Å². The predicted molar refractivity (Wildman–Crippen MR) is 52.6 cm³/mol. The quantitative estimate of drug-likeness (QED) is 0.568. The van der Waals surface area contributed by atoms with Gasteiger partial charge in [0.25, 0.3) is 0 Å². The summed E-state index contributed by atoms with van der Waals surface area (Å²) in [6.07, 6.45) is 0.512. The van der Waals surface area contributed by atoms with E-state index in [-0.39, 0.29) is 6.67 Å². The van der Waals surface area contributed by atoms with Crippen molar-refractivity contribution in [3.8, 4) is 0 Å². The molecule has 0 aromatic rings. The Balaban J connectivity index is 3.50. The molecule has 0 radical (unpaired) electrons. The predicted octanol–water partition coefficient (Wildman–Crippen LogP) is 0.248. The molecule has 3 nitrogen and oxygen atoms in total. The molecule has 1 atom stereocenters. The average molecular weight is 192 g/mol. The van der Waals surface area contributed by atoms with Crippen molar-refractivity contribution >= 4 is 0 Å². The number of hydrogen-bond donors (Lipinski definition) is 2. The van der Waals surface area contributed by atoms with E-state index in [4.69, 9.17) is 0 Å². The molecule has 0 aromatic carbocycles. The van der Waals surface area contributed by atoms with Crippen LogP contribution in [0.1, 0.15) is 13.3 Å². The number of alkyl halides is 1. The zero-order valence-electron chi connectivity index (χ0n) is 8.81. The van der Waals surface area contributed by atoms with Gasteiger partial charge < -0.3 is 15.3 Å². The minimum absolute atomic E-state index is 0.303. The summed E-state index contributed by atoms with van der Waals surface area (Å²) in [5.41, 5.74) is -0.736. The van der Waals surface area contributed by atoms with Crippen molar-refractivity contribution < 1.29 is 9.50 Å². The van der Waals surface area contributed by atoms with E-state index in [2.05, 4.69) is 5.32 Å². The van der Waals surface area contributed by atoms with Crippen LogP contribution in [0.15, 0.2) is 0 Å². The van der Waals surface area contributed by atoms with Crippen molar-refractivity contribution in [2.24, 2.45) is 0 Å². The zero-order chi connectivity index (χ0) is 10.3. The van der Waals surface area contributed by atoms with E-state index in [9.17, 15) is 9.50 Å². The zero-order valence-corrected chi connectivity index (χ0v) is 8.81. The molecular formula is C9H21FN2O. The molecule has 0 saturated heterocycles. The summed E-state index contributed by atoms with van der Waals surface area (Å²) >= 11 is 0. The van der Waals surface area contributed by atoms with Gasteiger partial charge in [0.15, 0.2) is 0 Å². The summed E-state index contributed by atoms with van der Waals surface area (Å²) in [6, 6.07) is 0. The van der Waals surface area contributed by atoms with Crippen LogP contribution in [-0.2, 0) is 0 Å². The van der Waals surface area contributed by atoms with Gasteiger partial charge in [-0.05, 0) is 34.0 Å². The number of halogens is 1. The third-order valence-corrected chi connectivity index (χ3v) is 1.65. The summed E-state index contributed by atoms with van der Waals surface area (Å²) in [7, 11) is 3.83. The monoisotopic (exact) mass is 192 g/mol. The van der Waals surface area contributed by atoms with Crippen molar-refractivity contribution in [2.45, 2.75) is 18.9 Å². The second-order valence-electron chi connectivity index (χ2n) is 3.95. The van der Waals surface area contributed by atoms with Gasteiger partial charge in [-0.25, -0.2) is 0 Å². The highest BCUT2D eigenvalue weighted by Crippen LogP contribution is 2.02. The lowest BCUT2D eigenvalue weighted by atomic mass is 10.1. The molecule has 4 heteroatoms. The number of hydrogen-bond acceptors (Lipinski definition) is 3. The Morgan fingerprint density at radius 2 is 2.08 bits per heavy atom. The maximum Gasteiger partial charge on any atom is 0.0906 e. The smallest absolute Gasteiger partial charge is 0.0906 e. The summed E-state index contributed by atoms with van der Waals surface area (Å²) in [6.45, 7) is 3.21. The molecule has 80 valence electrons. The molecule has 1 unspecified atom stereocenters. The third kappa shape index (κ3) is 8.15. The highest BCUT2D eigenvalue weighted by atomic mass is 19.1.